The Balaban J connectivity index is 1.28. The molecule has 158 valence electrons. The molecule has 1 aromatic heterocycles. The highest BCUT2D eigenvalue weighted by molar-refractivity contribution is 5.94. The molecule has 0 unspecified atom stereocenters. The van der Waals surface area contributed by atoms with Crippen LogP contribution < -0.4 is 10.2 Å². The smallest absolute Gasteiger partial charge is 0.253 e. The molecule has 0 aliphatic carbocycles. The van der Waals surface area contributed by atoms with Crippen LogP contribution in [-0.2, 0) is 6.54 Å². The van der Waals surface area contributed by atoms with Crippen molar-refractivity contribution in [1.82, 2.24) is 14.8 Å². The summed E-state index contributed by atoms with van der Waals surface area (Å²) in [7, 11) is 3.57. The van der Waals surface area contributed by atoms with E-state index in [1.807, 2.05) is 12.1 Å². The third-order valence-corrected chi connectivity index (χ3v) is 6.05. The van der Waals surface area contributed by atoms with Gasteiger partial charge in [-0.25, -0.2) is 0 Å². The maximum absolute atomic E-state index is 12.1. The number of nitrogens with zero attached hydrogens (tertiary/aromatic N) is 3. The SMILES string of the molecule is C[C@@H](Cn1ccc2ccccc21)NC1CCN(c2ccc(C(=O)N(C)C)cc2)CC1. The number of amides is 1. The van der Waals surface area contributed by atoms with Gasteiger partial charge in [-0.15, -0.1) is 0 Å². The van der Waals surface area contributed by atoms with Gasteiger partial charge in [0.2, 0.25) is 0 Å². The van der Waals surface area contributed by atoms with Crippen LogP contribution in [-0.4, -0.2) is 54.6 Å². The van der Waals surface area contributed by atoms with Gasteiger partial charge in [0.25, 0.3) is 5.91 Å². The minimum atomic E-state index is 0.0499. The van der Waals surface area contributed by atoms with Crippen LogP contribution in [0.3, 0.4) is 0 Å². The molecule has 1 aliphatic rings. The quantitative estimate of drug-likeness (QED) is 0.675. The minimum Gasteiger partial charge on any atom is -0.371 e. The van der Waals surface area contributed by atoms with Gasteiger partial charge in [-0.2, -0.15) is 0 Å². The molecule has 1 saturated heterocycles. The second-order valence-electron chi connectivity index (χ2n) is 8.60. The molecular formula is C25H32N4O. The predicted octanol–water partition coefficient (Wildman–Crippen LogP) is 3.99. The van der Waals surface area contributed by atoms with E-state index in [0.717, 1.165) is 38.0 Å². The summed E-state index contributed by atoms with van der Waals surface area (Å²) in [5.74, 6) is 0.0499. The standard InChI is InChI=1S/C25H32N4O/c1-19(18-29-15-12-20-6-4-5-7-24(20)29)26-22-13-16-28(17-14-22)23-10-8-21(9-11-23)25(30)27(2)3/h4-12,15,19,22,26H,13-14,16-18H2,1-3H3/t19-/m0/s1. The number of piperidine rings is 1. The van der Waals surface area contributed by atoms with Gasteiger partial charge in [0.1, 0.15) is 0 Å². The normalized spacial score (nSPS) is 16.0. The lowest BCUT2D eigenvalue weighted by atomic mass is 10.0. The molecule has 0 saturated carbocycles. The van der Waals surface area contributed by atoms with Crippen molar-refractivity contribution in [3.63, 3.8) is 0 Å². The highest BCUT2D eigenvalue weighted by atomic mass is 16.2. The van der Waals surface area contributed by atoms with Crippen LogP contribution in [0.5, 0.6) is 0 Å². The van der Waals surface area contributed by atoms with Crippen LogP contribution >= 0.6 is 0 Å². The number of carbonyl (C=O) groups excluding carboxylic acids is 1. The zero-order valence-electron chi connectivity index (χ0n) is 18.2. The van der Waals surface area contributed by atoms with Gasteiger partial charge in [-0.05, 0) is 61.5 Å². The monoisotopic (exact) mass is 404 g/mol. The lowest BCUT2D eigenvalue weighted by Gasteiger charge is -2.35. The number of anilines is 1. The number of benzene rings is 2. The maximum Gasteiger partial charge on any atom is 0.253 e. The van der Waals surface area contributed by atoms with Crippen molar-refractivity contribution in [3.8, 4) is 0 Å². The summed E-state index contributed by atoms with van der Waals surface area (Å²) in [6.45, 7) is 5.34. The third kappa shape index (κ3) is 4.51. The van der Waals surface area contributed by atoms with Crippen LogP contribution in [0.1, 0.15) is 30.1 Å². The second-order valence-corrected chi connectivity index (χ2v) is 8.60. The highest BCUT2D eigenvalue weighted by Gasteiger charge is 2.21. The first-order chi connectivity index (χ1) is 14.5. The molecule has 0 spiro atoms. The first-order valence-corrected chi connectivity index (χ1v) is 10.9. The van der Waals surface area contributed by atoms with Crippen LogP contribution in [0.15, 0.2) is 60.8 Å². The number of hydrogen-bond acceptors (Lipinski definition) is 3. The topological polar surface area (TPSA) is 40.5 Å². The number of nitrogens with one attached hydrogen (secondary N) is 1. The van der Waals surface area contributed by atoms with Crippen LogP contribution in [0.25, 0.3) is 10.9 Å². The van der Waals surface area contributed by atoms with Gasteiger partial charge in [0.15, 0.2) is 0 Å². The summed E-state index contributed by atoms with van der Waals surface area (Å²) in [6, 6.07) is 19.7. The molecule has 4 rings (SSSR count). The fourth-order valence-corrected chi connectivity index (χ4v) is 4.43. The number of fused-ring (bicyclic) bond motifs is 1. The molecule has 0 radical (unpaired) electrons. The molecule has 1 aliphatic heterocycles. The number of para-hydroxylation sites is 1. The van der Waals surface area contributed by atoms with Crippen molar-refractivity contribution in [2.24, 2.45) is 0 Å². The van der Waals surface area contributed by atoms with E-state index in [9.17, 15) is 4.79 Å². The average molecular weight is 405 g/mol. The molecule has 1 atom stereocenters. The van der Waals surface area contributed by atoms with Gasteiger partial charge in [0.05, 0.1) is 0 Å². The van der Waals surface area contributed by atoms with Gasteiger partial charge < -0.3 is 19.7 Å². The Morgan fingerprint density at radius 3 is 2.47 bits per heavy atom. The highest BCUT2D eigenvalue weighted by Crippen LogP contribution is 2.22. The molecule has 1 amide bonds. The fourth-order valence-electron chi connectivity index (χ4n) is 4.43. The third-order valence-electron chi connectivity index (χ3n) is 6.05. The lowest BCUT2D eigenvalue weighted by Crippen LogP contribution is -2.46. The molecule has 1 fully saturated rings. The molecule has 1 N–H and O–H groups in total. The molecule has 5 nitrogen and oxygen atoms in total. The van der Waals surface area contributed by atoms with E-state index in [-0.39, 0.29) is 5.91 Å². The van der Waals surface area contributed by atoms with Crippen molar-refractivity contribution in [2.45, 2.75) is 38.4 Å². The summed E-state index contributed by atoms with van der Waals surface area (Å²) in [4.78, 5) is 16.1. The molecule has 0 bridgehead atoms. The summed E-state index contributed by atoms with van der Waals surface area (Å²) in [5.41, 5.74) is 3.25. The molecule has 2 heterocycles. The van der Waals surface area contributed by atoms with Crippen LogP contribution in [0.4, 0.5) is 5.69 Å². The van der Waals surface area contributed by atoms with E-state index in [1.54, 1.807) is 19.0 Å². The van der Waals surface area contributed by atoms with Crippen molar-refractivity contribution in [3.05, 3.63) is 66.4 Å². The first-order valence-electron chi connectivity index (χ1n) is 10.9. The lowest BCUT2D eigenvalue weighted by molar-refractivity contribution is 0.0827. The van der Waals surface area contributed by atoms with E-state index < -0.39 is 0 Å². The Hall–Kier alpha value is -2.79. The number of aromatic nitrogens is 1. The zero-order chi connectivity index (χ0) is 21.1. The summed E-state index contributed by atoms with van der Waals surface area (Å²) < 4.78 is 2.35. The van der Waals surface area contributed by atoms with Crippen molar-refractivity contribution < 1.29 is 4.79 Å². The summed E-state index contributed by atoms with van der Waals surface area (Å²) >= 11 is 0. The first kappa shape index (κ1) is 20.5. The minimum absolute atomic E-state index is 0.0499. The molecular weight excluding hydrogens is 372 g/mol. The van der Waals surface area contributed by atoms with E-state index in [2.05, 4.69) is 70.4 Å². The molecule has 30 heavy (non-hydrogen) atoms. The Bertz CT molecular complexity index is 984. The van der Waals surface area contributed by atoms with E-state index >= 15 is 0 Å². The fraction of sp³-hybridized carbons (Fsp3) is 0.400. The Morgan fingerprint density at radius 1 is 1.07 bits per heavy atom. The Kier molecular flexibility index (Phi) is 6.09. The largest absolute Gasteiger partial charge is 0.371 e. The Morgan fingerprint density at radius 2 is 1.77 bits per heavy atom. The molecule has 5 heteroatoms. The number of rotatable bonds is 6. The molecule has 2 aromatic carbocycles. The second kappa shape index (κ2) is 8.92. The van der Waals surface area contributed by atoms with E-state index in [0.29, 0.717) is 12.1 Å². The van der Waals surface area contributed by atoms with E-state index in [1.165, 1.54) is 16.6 Å². The number of carbonyl (C=O) groups is 1. The summed E-state index contributed by atoms with van der Waals surface area (Å²) in [5, 5.41) is 5.13. The van der Waals surface area contributed by atoms with Crippen molar-refractivity contribution in [2.75, 3.05) is 32.1 Å². The molecule has 3 aromatic rings. The maximum atomic E-state index is 12.1. The predicted molar refractivity (Wildman–Crippen MR) is 124 cm³/mol. The van der Waals surface area contributed by atoms with Crippen LogP contribution in [0.2, 0.25) is 0 Å². The van der Waals surface area contributed by atoms with Gasteiger partial charge in [-0.3, -0.25) is 4.79 Å². The number of hydrogen-bond donors (Lipinski definition) is 1. The van der Waals surface area contributed by atoms with Crippen molar-refractivity contribution in [1.29, 1.82) is 0 Å². The zero-order valence-corrected chi connectivity index (χ0v) is 18.2. The van der Waals surface area contributed by atoms with E-state index in [4.69, 9.17) is 0 Å². The summed E-state index contributed by atoms with van der Waals surface area (Å²) in [6.07, 6.45) is 4.46. The van der Waals surface area contributed by atoms with Crippen LogP contribution in [0, 0.1) is 0 Å². The Labute approximate surface area is 179 Å². The average Bonchev–Trinajstić information content (AvgIpc) is 3.16. The van der Waals surface area contributed by atoms with Gasteiger partial charge in [0, 0.05) is 68.8 Å². The van der Waals surface area contributed by atoms with Gasteiger partial charge >= 0.3 is 0 Å². The van der Waals surface area contributed by atoms with Crippen molar-refractivity contribution >= 4 is 22.5 Å². The van der Waals surface area contributed by atoms with Gasteiger partial charge in [-0.1, -0.05) is 18.2 Å².